The SMILES string of the molecule is O=C1OCC=C[C@@H]2O[C@]34C=CCN(C5CCCCC5)C(=O)C3N(CCCCO)C(=O)[C@@H]4[C@H]12. The fraction of sp³-hybridized carbons (Fsp3) is 0.708. The van der Waals surface area contributed by atoms with Crippen LogP contribution in [-0.2, 0) is 23.9 Å². The Balaban J connectivity index is 1.54. The topological polar surface area (TPSA) is 96.4 Å². The number of carbonyl (C=O) groups excluding carboxylic acids is 3. The Hall–Kier alpha value is -2.19. The third kappa shape index (κ3) is 3.30. The number of ether oxygens (including phenoxy) is 2. The number of cyclic esters (lactones) is 1. The molecule has 2 saturated heterocycles. The van der Waals surface area contributed by atoms with E-state index < -0.39 is 35.6 Å². The minimum Gasteiger partial charge on any atom is -0.461 e. The molecule has 4 heterocycles. The number of nitrogens with zero attached hydrogens (tertiary/aromatic N) is 2. The molecule has 3 fully saturated rings. The van der Waals surface area contributed by atoms with Gasteiger partial charge in [0.15, 0.2) is 0 Å². The molecule has 8 nitrogen and oxygen atoms in total. The summed E-state index contributed by atoms with van der Waals surface area (Å²) in [6, 6.07) is -0.631. The van der Waals surface area contributed by atoms with Crippen molar-refractivity contribution in [3.05, 3.63) is 24.3 Å². The number of likely N-dealkylation sites (tertiary alicyclic amines) is 1. The van der Waals surface area contributed by atoms with Gasteiger partial charge < -0.3 is 24.4 Å². The summed E-state index contributed by atoms with van der Waals surface area (Å²) >= 11 is 0. The number of aliphatic hydroxyl groups excluding tert-OH is 1. The zero-order valence-electron chi connectivity index (χ0n) is 18.4. The van der Waals surface area contributed by atoms with Gasteiger partial charge in [-0.25, -0.2) is 0 Å². The van der Waals surface area contributed by atoms with Gasteiger partial charge in [-0.2, -0.15) is 0 Å². The molecule has 4 aliphatic heterocycles. The van der Waals surface area contributed by atoms with Crippen LogP contribution >= 0.6 is 0 Å². The largest absolute Gasteiger partial charge is 0.461 e. The van der Waals surface area contributed by atoms with Crippen molar-refractivity contribution < 1.29 is 29.0 Å². The first-order valence-corrected chi connectivity index (χ1v) is 12.0. The van der Waals surface area contributed by atoms with Gasteiger partial charge >= 0.3 is 5.97 Å². The van der Waals surface area contributed by atoms with Crippen molar-refractivity contribution in [3.63, 3.8) is 0 Å². The fourth-order valence-electron chi connectivity index (χ4n) is 6.34. The van der Waals surface area contributed by atoms with Crippen LogP contribution in [0.1, 0.15) is 44.9 Å². The van der Waals surface area contributed by atoms with E-state index in [1.54, 1.807) is 17.1 Å². The Morgan fingerprint density at radius 2 is 1.88 bits per heavy atom. The van der Waals surface area contributed by atoms with Crippen LogP contribution < -0.4 is 0 Å². The number of esters is 1. The first kappa shape index (κ1) is 21.6. The number of aliphatic hydroxyl groups is 1. The molecule has 0 aromatic heterocycles. The second-order valence-electron chi connectivity index (χ2n) is 9.55. The molecule has 1 N–H and O–H groups in total. The highest BCUT2D eigenvalue weighted by molar-refractivity contribution is 5.99. The lowest BCUT2D eigenvalue weighted by molar-refractivity contribution is -0.153. The molecule has 5 rings (SSSR count). The molecule has 174 valence electrons. The van der Waals surface area contributed by atoms with E-state index in [4.69, 9.17) is 9.47 Å². The van der Waals surface area contributed by atoms with Crippen molar-refractivity contribution in [2.45, 2.75) is 68.7 Å². The summed E-state index contributed by atoms with van der Waals surface area (Å²) in [6.07, 6.45) is 13.3. The maximum Gasteiger partial charge on any atom is 0.313 e. The molecule has 5 aliphatic rings. The second kappa shape index (κ2) is 8.63. The van der Waals surface area contributed by atoms with Gasteiger partial charge in [0.25, 0.3) is 0 Å². The minimum atomic E-state index is -1.17. The van der Waals surface area contributed by atoms with E-state index in [-0.39, 0.29) is 31.1 Å². The van der Waals surface area contributed by atoms with Crippen molar-refractivity contribution >= 4 is 17.8 Å². The number of rotatable bonds is 5. The van der Waals surface area contributed by atoms with Crippen LogP contribution in [0.3, 0.4) is 0 Å². The summed E-state index contributed by atoms with van der Waals surface area (Å²) in [7, 11) is 0. The summed E-state index contributed by atoms with van der Waals surface area (Å²) in [5, 5.41) is 9.24. The number of carbonyl (C=O) groups is 3. The van der Waals surface area contributed by atoms with E-state index in [2.05, 4.69) is 0 Å². The number of fused-ring (bicyclic) bond motifs is 2. The normalized spacial score (nSPS) is 37.1. The van der Waals surface area contributed by atoms with E-state index in [1.165, 1.54) is 6.42 Å². The highest BCUT2D eigenvalue weighted by Gasteiger charge is 2.71. The Bertz CT molecular complexity index is 834. The molecule has 1 aliphatic carbocycles. The molecular weight excluding hydrogens is 412 g/mol. The second-order valence-corrected chi connectivity index (χ2v) is 9.55. The van der Waals surface area contributed by atoms with Crippen molar-refractivity contribution in [3.8, 4) is 0 Å². The summed E-state index contributed by atoms with van der Waals surface area (Å²) < 4.78 is 11.8. The van der Waals surface area contributed by atoms with Gasteiger partial charge in [-0.05, 0) is 31.8 Å². The molecule has 1 spiro atoms. The first-order valence-electron chi connectivity index (χ1n) is 12.0. The van der Waals surface area contributed by atoms with Crippen LogP contribution in [0.4, 0.5) is 0 Å². The smallest absolute Gasteiger partial charge is 0.313 e. The summed E-state index contributed by atoms with van der Waals surface area (Å²) in [6.45, 7) is 1.04. The fourth-order valence-corrected chi connectivity index (χ4v) is 6.34. The maximum absolute atomic E-state index is 14.0. The first-order chi connectivity index (χ1) is 15.6. The highest BCUT2D eigenvalue weighted by Crippen LogP contribution is 2.53. The molecule has 32 heavy (non-hydrogen) atoms. The lowest BCUT2D eigenvalue weighted by Gasteiger charge is -2.39. The van der Waals surface area contributed by atoms with Crippen LogP contribution in [0, 0.1) is 11.8 Å². The van der Waals surface area contributed by atoms with E-state index in [0.717, 1.165) is 25.7 Å². The van der Waals surface area contributed by atoms with E-state index in [1.807, 2.05) is 17.1 Å². The van der Waals surface area contributed by atoms with Gasteiger partial charge in [-0.1, -0.05) is 37.5 Å². The van der Waals surface area contributed by atoms with E-state index in [0.29, 0.717) is 25.9 Å². The summed E-state index contributed by atoms with van der Waals surface area (Å²) in [5.74, 6) is -2.30. The van der Waals surface area contributed by atoms with Gasteiger partial charge in [-0.15, -0.1) is 0 Å². The maximum atomic E-state index is 14.0. The van der Waals surface area contributed by atoms with Gasteiger partial charge in [-0.3, -0.25) is 14.4 Å². The third-order valence-corrected chi connectivity index (χ3v) is 7.77. The molecule has 2 amide bonds. The molecular formula is C24H32N2O6. The highest BCUT2D eigenvalue weighted by atomic mass is 16.6. The summed E-state index contributed by atoms with van der Waals surface area (Å²) in [4.78, 5) is 44.2. The van der Waals surface area contributed by atoms with Gasteiger partial charge in [0.05, 0.1) is 12.0 Å². The van der Waals surface area contributed by atoms with E-state index >= 15 is 0 Å². The molecule has 0 aromatic carbocycles. The van der Waals surface area contributed by atoms with E-state index in [9.17, 15) is 19.5 Å². The van der Waals surface area contributed by atoms with Crippen molar-refractivity contribution in [1.29, 1.82) is 0 Å². The standard InChI is InChI=1S/C24H32N2O6/c27-14-5-4-12-26-20-22(29)25(16-8-2-1-3-9-16)13-7-11-24(20)19(21(26)28)18-17(32-24)10-6-15-31-23(18)30/h6-7,10-11,16-20,27H,1-5,8-9,12-15H2/t17-,18+,19-,20?,24-/m0/s1. The van der Waals surface area contributed by atoms with Crippen LogP contribution in [0.25, 0.3) is 0 Å². The molecule has 8 heteroatoms. The zero-order valence-corrected chi connectivity index (χ0v) is 18.4. The number of hydrogen-bond donors (Lipinski definition) is 1. The van der Waals surface area contributed by atoms with Gasteiger partial charge in [0, 0.05) is 25.7 Å². The molecule has 1 saturated carbocycles. The number of unbranched alkanes of at least 4 members (excludes halogenated alkanes) is 1. The van der Waals surface area contributed by atoms with Crippen LogP contribution in [0.5, 0.6) is 0 Å². The number of hydrogen-bond acceptors (Lipinski definition) is 6. The van der Waals surface area contributed by atoms with Gasteiger partial charge in [0.1, 0.15) is 24.2 Å². The van der Waals surface area contributed by atoms with Crippen LogP contribution in [0.2, 0.25) is 0 Å². The van der Waals surface area contributed by atoms with Crippen molar-refractivity contribution in [1.82, 2.24) is 9.80 Å². The number of amides is 2. The minimum absolute atomic E-state index is 0.0294. The Kier molecular flexibility index (Phi) is 5.84. The quantitative estimate of drug-likeness (QED) is 0.389. The lowest BCUT2D eigenvalue weighted by Crippen LogP contribution is -2.57. The van der Waals surface area contributed by atoms with Crippen molar-refractivity contribution in [2.24, 2.45) is 11.8 Å². The zero-order chi connectivity index (χ0) is 22.3. The third-order valence-electron chi connectivity index (χ3n) is 7.77. The average Bonchev–Trinajstić information content (AvgIpc) is 3.09. The van der Waals surface area contributed by atoms with Crippen LogP contribution in [0.15, 0.2) is 24.3 Å². The molecule has 0 aromatic rings. The van der Waals surface area contributed by atoms with Crippen molar-refractivity contribution in [2.75, 3.05) is 26.3 Å². The molecule has 1 unspecified atom stereocenters. The average molecular weight is 445 g/mol. The predicted octanol–water partition coefficient (Wildman–Crippen LogP) is 1.18. The molecule has 5 atom stereocenters. The van der Waals surface area contributed by atoms with Crippen LogP contribution in [-0.4, -0.2) is 82.8 Å². The Morgan fingerprint density at radius 3 is 2.66 bits per heavy atom. The van der Waals surface area contributed by atoms with Gasteiger partial charge in [0.2, 0.25) is 11.8 Å². The Morgan fingerprint density at radius 1 is 1.06 bits per heavy atom. The molecule has 0 bridgehead atoms. The molecule has 0 radical (unpaired) electrons. The predicted molar refractivity (Wildman–Crippen MR) is 114 cm³/mol. The monoisotopic (exact) mass is 444 g/mol. The summed E-state index contributed by atoms with van der Waals surface area (Å²) in [5.41, 5.74) is -1.17. The lowest BCUT2D eigenvalue weighted by atomic mass is 9.78. The Labute approximate surface area is 188 Å².